The van der Waals surface area contributed by atoms with Crippen LogP contribution in [0.25, 0.3) is 0 Å². The molecule has 3 rings (SSSR count). The fourth-order valence-electron chi connectivity index (χ4n) is 3.35. The number of alkyl halides is 3. The summed E-state index contributed by atoms with van der Waals surface area (Å²) in [4.78, 5) is 16.4. The molecule has 2 heterocycles. The molecule has 4 nitrogen and oxygen atoms in total. The van der Waals surface area contributed by atoms with Gasteiger partial charge in [0.1, 0.15) is 0 Å². The van der Waals surface area contributed by atoms with E-state index < -0.39 is 11.7 Å². The quantitative estimate of drug-likeness (QED) is 0.749. The van der Waals surface area contributed by atoms with E-state index in [9.17, 15) is 18.0 Å². The first-order chi connectivity index (χ1) is 12.4. The van der Waals surface area contributed by atoms with Crippen LogP contribution in [-0.4, -0.2) is 66.0 Å². The molecule has 2 aliphatic rings. The van der Waals surface area contributed by atoms with Crippen LogP contribution < -0.4 is 5.32 Å². The van der Waals surface area contributed by atoms with E-state index in [4.69, 9.17) is 0 Å². The van der Waals surface area contributed by atoms with Crippen LogP contribution in [0.5, 0.6) is 0 Å². The van der Waals surface area contributed by atoms with Gasteiger partial charge in [0.05, 0.1) is 5.56 Å². The van der Waals surface area contributed by atoms with Gasteiger partial charge in [-0.3, -0.25) is 9.69 Å². The number of carbonyl (C=O) groups excluding carboxylic acids is 1. The first-order valence-corrected chi connectivity index (χ1v) is 10.0. The molecule has 1 N–H and O–H groups in total. The molecule has 0 aromatic heterocycles. The molecular formula is C18H26Cl2F3N3OS. The number of halogens is 5. The van der Waals surface area contributed by atoms with E-state index in [1.807, 2.05) is 16.7 Å². The number of hydrogen-bond acceptors (Lipinski definition) is 4. The van der Waals surface area contributed by atoms with Crippen molar-refractivity contribution in [2.24, 2.45) is 0 Å². The average Bonchev–Trinajstić information content (AvgIpc) is 2.63. The van der Waals surface area contributed by atoms with Crippen molar-refractivity contribution in [3.05, 3.63) is 35.4 Å². The third-order valence-corrected chi connectivity index (χ3v) is 5.94. The molecule has 2 aliphatic heterocycles. The van der Waals surface area contributed by atoms with Gasteiger partial charge in [-0.05, 0) is 11.6 Å². The zero-order valence-corrected chi connectivity index (χ0v) is 17.9. The normalized spacial score (nSPS) is 20.8. The van der Waals surface area contributed by atoms with Gasteiger partial charge in [-0.25, -0.2) is 0 Å². The molecule has 2 saturated heterocycles. The minimum absolute atomic E-state index is 0. The Hall–Kier alpha value is -0.670. The number of amides is 1. The van der Waals surface area contributed by atoms with Crippen molar-refractivity contribution in [2.45, 2.75) is 25.2 Å². The lowest BCUT2D eigenvalue weighted by molar-refractivity contribution is -0.137. The highest BCUT2D eigenvalue weighted by Gasteiger charge is 2.30. The third kappa shape index (κ3) is 7.30. The Morgan fingerprint density at radius 3 is 2.50 bits per heavy atom. The van der Waals surface area contributed by atoms with E-state index >= 15 is 0 Å². The number of nitrogens with zero attached hydrogens (tertiary/aromatic N) is 2. The van der Waals surface area contributed by atoms with Crippen LogP contribution in [0.3, 0.4) is 0 Å². The van der Waals surface area contributed by atoms with Gasteiger partial charge in [0.25, 0.3) is 0 Å². The third-order valence-electron chi connectivity index (χ3n) is 4.80. The lowest BCUT2D eigenvalue weighted by Gasteiger charge is -2.36. The van der Waals surface area contributed by atoms with Gasteiger partial charge in [0.15, 0.2) is 0 Å². The van der Waals surface area contributed by atoms with Gasteiger partial charge in [-0.2, -0.15) is 24.9 Å². The van der Waals surface area contributed by atoms with E-state index in [2.05, 4.69) is 10.2 Å². The van der Waals surface area contributed by atoms with Crippen LogP contribution in [0.4, 0.5) is 13.2 Å². The SMILES string of the molecule is Cl.Cl.O=C(CC1CSCCN1)N1CCN(Cc2cccc(C(F)(F)F)c2)CC1. The van der Waals surface area contributed by atoms with E-state index in [0.717, 1.165) is 24.1 Å². The summed E-state index contributed by atoms with van der Waals surface area (Å²) in [5.41, 5.74) is 0.0460. The number of nitrogens with one attached hydrogen (secondary N) is 1. The minimum Gasteiger partial charge on any atom is -0.340 e. The summed E-state index contributed by atoms with van der Waals surface area (Å²) in [6, 6.07) is 5.73. The number of carbonyl (C=O) groups is 1. The highest BCUT2D eigenvalue weighted by molar-refractivity contribution is 7.99. The molecule has 10 heteroatoms. The number of benzene rings is 1. The lowest BCUT2D eigenvalue weighted by atomic mass is 10.1. The van der Waals surface area contributed by atoms with Crippen molar-refractivity contribution in [1.29, 1.82) is 0 Å². The molecule has 0 bridgehead atoms. The molecule has 0 aliphatic carbocycles. The van der Waals surface area contributed by atoms with Crippen molar-refractivity contribution < 1.29 is 18.0 Å². The Bertz CT molecular complexity index is 622. The Labute approximate surface area is 180 Å². The fraction of sp³-hybridized carbons (Fsp3) is 0.611. The first kappa shape index (κ1) is 25.4. The van der Waals surface area contributed by atoms with Gasteiger partial charge < -0.3 is 10.2 Å². The summed E-state index contributed by atoms with van der Waals surface area (Å²) in [5.74, 6) is 2.24. The fourth-order valence-corrected chi connectivity index (χ4v) is 4.30. The predicted molar refractivity (Wildman–Crippen MR) is 112 cm³/mol. The molecule has 0 spiro atoms. The van der Waals surface area contributed by atoms with E-state index in [-0.39, 0.29) is 36.8 Å². The van der Waals surface area contributed by atoms with Gasteiger partial charge in [-0.15, -0.1) is 24.8 Å². The molecule has 160 valence electrons. The van der Waals surface area contributed by atoms with E-state index in [1.165, 1.54) is 12.1 Å². The standard InChI is InChI=1S/C18H24F3N3OS.2ClH/c19-18(20,21)15-3-1-2-14(10-15)12-23-5-7-24(8-6-23)17(25)11-16-13-26-9-4-22-16;;/h1-3,10,16,22H,4-9,11-13H2;2*1H. The summed E-state index contributed by atoms with van der Waals surface area (Å²) in [7, 11) is 0. The lowest BCUT2D eigenvalue weighted by Crippen LogP contribution is -2.50. The summed E-state index contributed by atoms with van der Waals surface area (Å²) >= 11 is 1.87. The highest BCUT2D eigenvalue weighted by atomic mass is 35.5. The minimum atomic E-state index is -4.31. The molecule has 0 radical (unpaired) electrons. The topological polar surface area (TPSA) is 35.6 Å². The molecule has 1 aromatic carbocycles. The van der Waals surface area contributed by atoms with Crippen LogP contribution in [0, 0.1) is 0 Å². The second kappa shape index (κ2) is 11.5. The van der Waals surface area contributed by atoms with Gasteiger partial charge >= 0.3 is 6.18 Å². The highest BCUT2D eigenvalue weighted by Crippen LogP contribution is 2.29. The summed E-state index contributed by atoms with van der Waals surface area (Å²) in [6.07, 6.45) is -3.78. The summed E-state index contributed by atoms with van der Waals surface area (Å²) < 4.78 is 38.4. The first-order valence-electron chi connectivity index (χ1n) is 8.89. The Morgan fingerprint density at radius 2 is 1.89 bits per heavy atom. The number of piperazine rings is 1. The summed E-state index contributed by atoms with van der Waals surface area (Å²) in [6.45, 7) is 4.08. The smallest absolute Gasteiger partial charge is 0.340 e. The van der Waals surface area contributed by atoms with Crippen LogP contribution in [0.1, 0.15) is 17.5 Å². The van der Waals surface area contributed by atoms with Crippen molar-refractivity contribution in [3.63, 3.8) is 0 Å². The molecular weight excluding hydrogens is 434 g/mol. The van der Waals surface area contributed by atoms with Crippen LogP contribution >= 0.6 is 36.6 Å². The molecule has 2 fully saturated rings. The second-order valence-corrected chi connectivity index (χ2v) is 7.93. The van der Waals surface area contributed by atoms with Crippen molar-refractivity contribution >= 4 is 42.5 Å². The predicted octanol–water partition coefficient (Wildman–Crippen LogP) is 3.29. The largest absolute Gasteiger partial charge is 0.416 e. The zero-order valence-electron chi connectivity index (χ0n) is 15.4. The molecule has 0 saturated carbocycles. The maximum absolute atomic E-state index is 12.8. The van der Waals surface area contributed by atoms with Gasteiger partial charge in [0, 0.05) is 63.2 Å². The van der Waals surface area contributed by atoms with Gasteiger partial charge in [0.2, 0.25) is 5.91 Å². The average molecular weight is 460 g/mol. The van der Waals surface area contributed by atoms with Crippen LogP contribution in [0.15, 0.2) is 24.3 Å². The molecule has 1 unspecified atom stereocenters. The number of thioether (sulfide) groups is 1. The van der Waals surface area contributed by atoms with Crippen LogP contribution in [0.2, 0.25) is 0 Å². The monoisotopic (exact) mass is 459 g/mol. The van der Waals surface area contributed by atoms with Crippen molar-refractivity contribution in [1.82, 2.24) is 15.1 Å². The molecule has 28 heavy (non-hydrogen) atoms. The summed E-state index contributed by atoms with van der Waals surface area (Å²) in [5, 5.41) is 3.38. The number of hydrogen-bond donors (Lipinski definition) is 1. The van der Waals surface area contributed by atoms with Crippen molar-refractivity contribution in [2.75, 3.05) is 44.2 Å². The number of rotatable bonds is 4. The van der Waals surface area contributed by atoms with E-state index in [0.29, 0.717) is 44.7 Å². The Kier molecular flexibility index (Phi) is 10.4. The van der Waals surface area contributed by atoms with Crippen molar-refractivity contribution in [3.8, 4) is 0 Å². The molecule has 1 aromatic rings. The maximum atomic E-state index is 12.8. The maximum Gasteiger partial charge on any atom is 0.416 e. The van der Waals surface area contributed by atoms with Crippen LogP contribution in [-0.2, 0) is 17.5 Å². The second-order valence-electron chi connectivity index (χ2n) is 6.79. The Morgan fingerprint density at radius 1 is 1.18 bits per heavy atom. The Balaban J connectivity index is 0.00000196. The molecule has 1 atom stereocenters. The van der Waals surface area contributed by atoms with E-state index in [1.54, 1.807) is 6.07 Å². The zero-order chi connectivity index (χ0) is 18.6. The molecule has 1 amide bonds. The van der Waals surface area contributed by atoms with Gasteiger partial charge in [-0.1, -0.05) is 18.2 Å².